The zero-order valence-electron chi connectivity index (χ0n) is 7.90. The van der Waals surface area contributed by atoms with Gasteiger partial charge in [0.2, 0.25) is 0 Å². The Kier molecular flexibility index (Phi) is 5.25. The summed E-state index contributed by atoms with van der Waals surface area (Å²) in [7, 11) is 0. The predicted molar refractivity (Wildman–Crippen MR) is 64.8 cm³/mol. The lowest BCUT2D eigenvalue weighted by Gasteiger charge is -2.05. The summed E-state index contributed by atoms with van der Waals surface area (Å²) in [5, 5.41) is 3.45. The Morgan fingerprint density at radius 3 is 2.80 bits per heavy atom. The molecule has 0 spiro atoms. The third kappa shape index (κ3) is 3.91. The third-order valence-corrected chi connectivity index (χ3v) is 2.83. The average molecular weight is 339 g/mol. The van der Waals surface area contributed by atoms with E-state index in [1.165, 1.54) is 12.1 Å². The van der Waals surface area contributed by atoms with Crippen LogP contribution in [0.4, 0.5) is 4.39 Å². The molecule has 0 aliphatic rings. The van der Waals surface area contributed by atoms with Crippen molar-refractivity contribution in [2.24, 2.45) is 0 Å². The molecular weight excluding hydrogens is 329 g/mol. The van der Waals surface area contributed by atoms with E-state index in [0.717, 1.165) is 11.8 Å². The minimum atomic E-state index is -0.513. The fraction of sp³-hybridized carbons (Fsp3) is 0.300. The van der Waals surface area contributed by atoms with Crippen molar-refractivity contribution < 1.29 is 9.18 Å². The maximum Gasteiger partial charge on any atom is 0.254 e. The number of hydrogen-bond donors (Lipinski definition) is 1. The van der Waals surface area contributed by atoms with Crippen molar-refractivity contribution in [3.05, 3.63) is 34.1 Å². The zero-order chi connectivity index (χ0) is 11.3. The van der Waals surface area contributed by atoms with Gasteiger partial charge in [-0.2, -0.15) is 0 Å². The van der Waals surface area contributed by atoms with Crippen molar-refractivity contribution in [1.29, 1.82) is 0 Å². The van der Waals surface area contributed by atoms with Crippen LogP contribution >= 0.6 is 31.9 Å². The number of amides is 1. The van der Waals surface area contributed by atoms with Gasteiger partial charge in [-0.15, -0.1) is 0 Å². The van der Waals surface area contributed by atoms with E-state index in [1.807, 2.05) is 0 Å². The van der Waals surface area contributed by atoms with Crippen LogP contribution in [0.3, 0.4) is 0 Å². The molecule has 5 heteroatoms. The molecule has 0 aromatic heterocycles. The topological polar surface area (TPSA) is 29.1 Å². The highest BCUT2D eigenvalue weighted by Crippen LogP contribution is 2.15. The second kappa shape index (κ2) is 6.23. The number of halogens is 3. The highest BCUT2D eigenvalue weighted by Gasteiger charge is 2.10. The van der Waals surface area contributed by atoms with E-state index >= 15 is 0 Å². The lowest BCUT2D eigenvalue weighted by atomic mass is 10.2. The van der Waals surface area contributed by atoms with E-state index in [9.17, 15) is 9.18 Å². The molecule has 1 rings (SSSR count). The first-order valence-electron chi connectivity index (χ1n) is 4.44. The minimum absolute atomic E-state index is 0.0766. The number of nitrogens with one attached hydrogen (secondary N) is 1. The Balaban J connectivity index is 2.65. The van der Waals surface area contributed by atoms with Crippen LogP contribution in [-0.2, 0) is 0 Å². The molecule has 1 N–H and O–H groups in total. The number of alkyl halides is 1. The normalized spacial score (nSPS) is 10.1. The summed E-state index contributed by atoms with van der Waals surface area (Å²) in [4.78, 5) is 11.5. The molecule has 2 nitrogen and oxygen atoms in total. The molecule has 1 aromatic carbocycles. The van der Waals surface area contributed by atoms with E-state index in [0.29, 0.717) is 11.0 Å². The van der Waals surface area contributed by atoms with Crippen LogP contribution in [0, 0.1) is 5.82 Å². The summed E-state index contributed by atoms with van der Waals surface area (Å²) in [5.41, 5.74) is 0.0766. The van der Waals surface area contributed by atoms with Crippen molar-refractivity contribution >= 4 is 37.8 Å². The van der Waals surface area contributed by atoms with Gasteiger partial charge in [-0.3, -0.25) is 4.79 Å². The summed E-state index contributed by atoms with van der Waals surface area (Å²) in [5.74, 6) is -0.887. The highest BCUT2D eigenvalue weighted by atomic mass is 79.9. The van der Waals surface area contributed by atoms with Crippen LogP contribution < -0.4 is 5.32 Å². The first-order chi connectivity index (χ1) is 7.15. The fourth-order valence-corrected chi connectivity index (χ4v) is 1.65. The van der Waals surface area contributed by atoms with Crippen LogP contribution in [0.25, 0.3) is 0 Å². The van der Waals surface area contributed by atoms with Crippen molar-refractivity contribution in [3.63, 3.8) is 0 Å². The van der Waals surface area contributed by atoms with Gasteiger partial charge in [0.05, 0.1) is 5.56 Å². The molecule has 0 bridgehead atoms. The van der Waals surface area contributed by atoms with Crippen LogP contribution in [0.15, 0.2) is 22.7 Å². The molecule has 0 aliphatic heterocycles. The Labute approximate surface area is 105 Å². The lowest BCUT2D eigenvalue weighted by Crippen LogP contribution is -2.25. The number of hydrogen-bond acceptors (Lipinski definition) is 1. The largest absolute Gasteiger partial charge is 0.352 e. The van der Waals surface area contributed by atoms with E-state index < -0.39 is 5.82 Å². The SMILES string of the molecule is O=C(NCCCBr)c1ccc(Br)cc1F. The van der Waals surface area contributed by atoms with Gasteiger partial charge >= 0.3 is 0 Å². The van der Waals surface area contributed by atoms with Gasteiger partial charge in [0.1, 0.15) is 5.82 Å². The molecule has 0 saturated carbocycles. The molecule has 0 fully saturated rings. The Bertz CT molecular complexity index is 357. The Morgan fingerprint density at radius 1 is 1.47 bits per heavy atom. The van der Waals surface area contributed by atoms with Crippen LogP contribution in [-0.4, -0.2) is 17.8 Å². The molecule has 0 heterocycles. The van der Waals surface area contributed by atoms with Gasteiger partial charge in [0.25, 0.3) is 5.91 Å². The summed E-state index contributed by atoms with van der Waals surface area (Å²) in [6, 6.07) is 4.38. The van der Waals surface area contributed by atoms with Crippen molar-refractivity contribution in [3.8, 4) is 0 Å². The van der Waals surface area contributed by atoms with Crippen molar-refractivity contribution in [2.45, 2.75) is 6.42 Å². The van der Waals surface area contributed by atoms with E-state index in [-0.39, 0.29) is 11.5 Å². The molecule has 0 aliphatic carbocycles. The molecule has 0 unspecified atom stereocenters. The smallest absolute Gasteiger partial charge is 0.254 e. The van der Waals surface area contributed by atoms with Gasteiger partial charge in [0.15, 0.2) is 0 Å². The van der Waals surface area contributed by atoms with Gasteiger partial charge in [-0.05, 0) is 24.6 Å². The second-order valence-corrected chi connectivity index (χ2v) is 4.63. The third-order valence-electron chi connectivity index (χ3n) is 1.77. The summed E-state index contributed by atoms with van der Waals surface area (Å²) in [6.45, 7) is 0.541. The number of benzene rings is 1. The maximum absolute atomic E-state index is 13.3. The predicted octanol–water partition coefficient (Wildman–Crippen LogP) is 3.10. The van der Waals surface area contributed by atoms with Crippen molar-refractivity contribution in [2.75, 3.05) is 11.9 Å². The fourth-order valence-electron chi connectivity index (χ4n) is 1.04. The Morgan fingerprint density at radius 2 is 2.20 bits per heavy atom. The van der Waals surface area contributed by atoms with Gasteiger partial charge in [-0.25, -0.2) is 4.39 Å². The molecule has 0 saturated heterocycles. The van der Waals surface area contributed by atoms with Crippen LogP contribution in [0.5, 0.6) is 0 Å². The minimum Gasteiger partial charge on any atom is -0.352 e. The number of rotatable bonds is 4. The van der Waals surface area contributed by atoms with E-state index in [1.54, 1.807) is 6.07 Å². The molecule has 1 amide bonds. The quantitative estimate of drug-likeness (QED) is 0.663. The Hall–Kier alpha value is -0.420. The summed E-state index contributed by atoms with van der Waals surface area (Å²) >= 11 is 6.38. The standard InChI is InChI=1S/C10H10Br2FNO/c11-4-1-5-14-10(15)8-3-2-7(12)6-9(8)13/h2-3,6H,1,4-5H2,(H,14,15). The molecular formula is C10H10Br2FNO. The second-order valence-electron chi connectivity index (χ2n) is 2.92. The highest BCUT2D eigenvalue weighted by molar-refractivity contribution is 9.10. The van der Waals surface area contributed by atoms with Crippen LogP contribution in [0.2, 0.25) is 0 Å². The zero-order valence-corrected chi connectivity index (χ0v) is 11.1. The first-order valence-corrected chi connectivity index (χ1v) is 6.36. The van der Waals surface area contributed by atoms with Gasteiger partial charge in [-0.1, -0.05) is 31.9 Å². The lowest BCUT2D eigenvalue weighted by molar-refractivity contribution is 0.0950. The monoisotopic (exact) mass is 337 g/mol. The van der Waals surface area contributed by atoms with Gasteiger partial charge < -0.3 is 5.32 Å². The number of carbonyl (C=O) groups is 1. The molecule has 82 valence electrons. The van der Waals surface area contributed by atoms with Gasteiger partial charge in [0, 0.05) is 16.3 Å². The average Bonchev–Trinajstić information content (AvgIpc) is 2.17. The van der Waals surface area contributed by atoms with Crippen LogP contribution in [0.1, 0.15) is 16.8 Å². The molecule has 0 radical (unpaired) electrons. The summed E-state index contributed by atoms with van der Waals surface area (Å²) in [6.07, 6.45) is 0.823. The van der Waals surface area contributed by atoms with E-state index in [4.69, 9.17) is 0 Å². The first kappa shape index (κ1) is 12.6. The van der Waals surface area contributed by atoms with E-state index in [2.05, 4.69) is 37.2 Å². The summed E-state index contributed by atoms with van der Waals surface area (Å²) < 4.78 is 13.9. The van der Waals surface area contributed by atoms with Crippen molar-refractivity contribution in [1.82, 2.24) is 5.32 Å². The molecule has 15 heavy (non-hydrogen) atoms. The molecule has 0 atom stereocenters. The maximum atomic E-state index is 13.3. The number of carbonyl (C=O) groups excluding carboxylic acids is 1. The molecule has 1 aromatic rings.